The van der Waals surface area contributed by atoms with Gasteiger partial charge >= 0.3 is 0 Å². The SMILES string of the molecule is CN(C(=O)c1ccoc1)c1nc2ccccc2s1. The van der Waals surface area contributed by atoms with Gasteiger partial charge in [-0.2, -0.15) is 0 Å². The second-order valence-electron chi connectivity index (χ2n) is 3.84. The second-order valence-corrected chi connectivity index (χ2v) is 4.85. The van der Waals surface area contributed by atoms with Gasteiger partial charge in [0, 0.05) is 7.05 Å². The molecule has 0 saturated carbocycles. The molecule has 4 nitrogen and oxygen atoms in total. The monoisotopic (exact) mass is 258 g/mol. The van der Waals surface area contributed by atoms with Gasteiger partial charge in [-0.15, -0.1) is 0 Å². The molecule has 1 aromatic carbocycles. The molecule has 0 aliphatic rings. The van der Waals surface area contributed by atoms with Gasteiger partial charge in [-0.25, -0.2) is 4.98 Å². The molecule has 0 saturated heterocycles. The number of anilines is 1. The number of carbonyl (C=O) groups is 1. The zero-order valence-corrected chi connectivity index (χ0v) is 10.5. The van der Waals surface area contributed by atoms with Crippen LogP contribution >= 0.6 is 11.3 Å². The number of para-hydroxylation sites is 1. The van der Waals surface area contributed by atoms with E-state index in [1.54, 1.807) is 13.1 Å². The van der Waals surface area contributed by atoms with E-state index >= 15 is 0 Å². The van der Waals surface area contributed by atoms with Crippen molar-refractivity contribution < 1.29 is 9.21 Å². The molecular formula is C13H10N2O2S. The van der Waals surface area contributed by atoms with E-state index < -0.39 is 0 Å². The number of carbonyl (C=O) groups excluding carboxylic acids is 1. The number of rotatable bonds is 2. The van der Waals surface area contributed by atoms with Gasteiger partial charge in [0.25, 0.3) is 5.91 Å². The summed E-state index contributed by atoms with van der Waals surface area (Å²) in [6, 6.07) is 9.47. The van der Waals surface area contributed by atoms with Crippen molar-refractivity contribution in [1.82, 2.24) is 4.98 Å². The Labute approximate surface area is 107 Å². The lowest BCUT2D eigenvalue weighted by atomic mass is 10.3. The summed E-state index contributed by atoms with van der Waals surface area (Å²) in [4.78, 5) is 18.1. The van der Waals surface area contributed by atoms with Crippen LogP contribution in [0.5, 0.6) is 0 Å². The van der Waals surface area contributed by atoms with Gasteiger partial charge in [-0.3, -0.25) is 9.69 Å². The maximum absolute atomic E-state index is 12.1. The molecule has 0 N–H and O–H groups in total. The average molecular weight is 258 g/mol. The van der Waals surface area contributed by atoms with Crippen LogP contribution in [-0.4, -0.2) is 17.9 Å². The zero-order valence-electron chi connectivity index (χ0n) is 9.66. The van der Waals surface area contributed by atoms with E-state index in [0.29, 0.717) is 10.7 Å². The molecule has 5 heteroatoms. The Bertz CT molecular complexity index is 655. The molecule has 18 heavy (non-hydrogen) atoms. The Hall–Kier alpha value is -2.14. The van der Waals surface area contributed by atoms with Crippen molar-refractivity contribution in [3.63, 3.8) is 0 Å². The fraction of sp³-hybridized carbons (Fsp3) is 0.0769. The fourth-order valence-electron chi connectivity index (χ4n) is 1.67. The molecule has 2 heterocycles. The predicted molar refractivity (Wildman–Crippen MR) is 71.1 cm³/mol. The van der Waals surface area contributed by atoms with Crippen molar-refractivity contribution in [2.24, 2.45) is 0 Å². The molecule has 0 bridgehead atoms. The van der Waals surface area contributed by atoms with Gasteiger partial charge in [0.1, 0.15) is 6.26 Å². The molecule has 0 aliphatic heterocycles. The van der Waals surface area contributed by atoms with Crippen LogP contribution < -0.4 is 4.90 Å². The molecule has 0 atom stereocenters. The molecule has 0 unspecified atom stereocenters. The number of thiazole rings is 1. The van der Waals surface area contributed by atoms with Gasteiger partial charge in [0.15, 0.2) is 5.13 Å². The van der Waals surface area contributed by atoms with E-state index in [1.807, 2.05) is 24.3 Å². The van der Waals surface area contributed by atoms with E-state index in [0.717, 1.165) is 10.2 Å². The number of fused-ring (bicyclic) bond motifs is 1. The van der Waals surface area contributed by atoms with Gasteiger partial charge in [0.05, 0.1) is 22.0 Å². The minimum absolute atomic E-state index is 0.122. The van der Waals surface area contributed by atoms with Crippen LogP contribution in [0.3, 0.4) is 0 Å². The van der Waals surface area contributed by atoms with Crippen LogP contribution in [0.1, 0.15) is 10.4 Å². The lowest BCUT2D eigenvalue weighted by Gasteiger charge is -2.11. The first kappa shape index (κ1) is 11.0. The van der Waals surface area contributed by atoms with E-state index in [2.05, 4.69) is 4.98 Å². The third kappa shape index (κ3) is 1.78. The molecule has 0 spiro atoms. The first-order valence-electron chi connectivity index (χ1n) is 5.41. The minimum atomic E-state index is -0.122. The molecule has 0 aliphatic carbocycles. The van der Waals surface area contributed by atoms with Crippen molar-refractivity contribution in [3.05, 3.63) is 48.4 Å². The summed E-state index contributed by atoms with van der Waals surface area (Å²) in [5.41, 5.74) is 1.43. The number of furan rings is 1. The summed E-state index contributed by atoms with van der Waals surface area (Å²) in [6.07, 6.45) is 2.92. The van der Waals surface area contributed by atoms with Crippen LogP contribution in [0.2, 0.25) is 0 Å². The van der Waals surface area contributed by atoms with Gasteiger partial charge in [0.2, 0.25) is 0 Å². The summed E-state index contributed by atoms with van der Waals surface area (Å²) < 4.78 is 5.98. The van der Waals surface area contributed by atoms with E-state index in [1.165, 1.54) is 28.8 Å². The van der Waals surface area contributed by atoms with Gasteiger partial charge in [-0.05, 0) is 18.2 Å². The Kier molecular flexibility index (Phi) is 2.60. The van der Waals surface area contributed by atoms with Crippen LogP contribution in [0.15, 0.2) is 47.3 Å². The second kappa shape index (κ2) is 4.27. The third-order valence-corrected chi connectivity index (χ3v) is 3.76. The molecule has 1 amide bonds. The van der Waals surface area contributed by atoms with Gasteiger partial charge in [-0.1, -0.05) is 23.5 Å². The van der Waals surface area contributed by atoms with Crippen LogP contribution in [-0.2, 0) is 0 Å². The van der Waals surface area contributed by atoms with Crippen molar-refractivity contribution in [2.45, 2.75) is 0 Å². The molecule has 3 aromatic rings. The highest BCUT2D eigenvalue weighted by Crippen LogP contribution is 2.28. The topological polar surface area (TPSA) is 46.3 Å². The largest absolute Gasteiger partial charge is 0.472 e. The van der Waals surface area contributed by atoms with E-state index in [9.17, 15) is 4.79 Å². The lowest BCUT2D eigenvalue weighted by Crippen LogP contribution is -2.25. The number of nitrogens with zero attached hydrogens (tertiary/aromatic N) is 2. The third-order valence-electron chi connectivity index (χ3n) is 2.64. The normalized spacial score (nSPS) is 10.7. The zero-order chi connectivity index (χ0) is 12.5. The Morgan fingerprint density at radius 1 is 1.33 bits per heavy atom. The summed E-state index contributed by atoms with van der Waals surface area (Å²) in [5.74, 6) is -0.122. The standard InChI is InChI=1S/C13H10N2O2S/c1-15(12(16)9-6-7-17-8-9)13-14-10-4-2-3-5-11(10)18-13/h2-8H,1H3. The fourth-order valence-corrected chi connectivity index (χ4v) is 2.60. The lowest BCUT2D eigenvalue weighted by molar-refractivity contribution is 0.0992. The summed E-state index contributed by atoms with van der Waals surface area (Å²) in [7, 11) is 1.72. The predicted octanol–water partition coefficient (Wildman–Crippen LogP) is 3.17. The molecule has 2 aromatic heterocycles. The van der Waals surface area contributed by atoms with E-state index in [-0.39, 0.29) is 5.91 Å². The number of benzene rings is 1. The number of amides is 1. The number of hydrogen-bond acceptors (Lipinski definition) is 4. The summed E-state index contributed by atoms with van der Waals surface area (Å²) in [5, 5.41) is 0.683. The number of hydrogen-bond donors (Lipinski definition) is 0. The highest BCUT2D eigenvalue weighted by atomic mass is 32.1. The highest BCUT2D eigenvalue weighted by Gasteiger charge is 2.17. The molecule has 0 fully saturated rings. The van der Waals surface area contributed by atoms with Crippen LogP contribution in [0, 0.1) is 0 Å². The van der Waals surface area contributed by atoms with Crippen molar-refractivity contribution >= 4 is 32.6 Å². The molecule has 0 radical (unpaired) electrons. The van der Waals surface area contributed by atoms with Crippen LogP contribution in [0.25, 0.3) is 10.2 Å². The Morgan fingerprint density at radius 2 is 2.17 bits per heavy atom. The van der Waals surface area contributed by atoms with Crippen LogP contribution in [0.4, 0.5) is 5.13 Å². The highest BCUT2D eigenvalue weighted by molar-refractivity contribution is 7.22. The minimum Gasteiger partial charge on any atom is -0.472 e. The van der Waals surface area contributed by atoms with Crippen molar-refractivity contribution in [1.29, 1.82) is 0 Å². The first-order chi connectivity index (χ1) is 8.75. The summed E-state index contributed by atoms with van der Waals surface area (Å²) in [6.45, 7) is 0. The maximum Gasteiger partial charge on any atom is 0.263 e. The Balaban J connectivity index is 1.96. The molecule has 3 rings (SSSR count). The summed E-state index contributed by atoms with van der Waals surface area (Å²) >= 11 is 1.49. The maximum atomic E-state index is 12.1. The average Bonchev–Trinajstić information content (AvgIpc) is 3.05. The van der Waals surface area contributed by atoms with Crippen molar-refractivity contribution in [2.75, 3.05) is 11.9 Å². The first-order valence-corrected chi connectivity index (χ1v) is 6.23. The van der Waals surface area contributed by atoms with Crippen molar-refractivity contribution in [3.8, 4) is 0 Å². The smallest absolute Gasteiger partial charge is 0.263 e. The number of aromatic nitrogens is 1. The van der Waals surface area contributed by atoms with E-state index in [4.69, 9.17) is 4.42 Å². The quantitative estimate of drug-likeness (QED) is 0.709. The molecule has 90 valence electrons. The van der Waals surface area contributed by atoms with Gasteiger partial charge < -0.3 is 4.42 Å². The molecular weight excluding hydrogens is 248 g/mol. The Morgan fingerprint density at radius 3 is 2.89 bits per heavy atom.